The van der Waals surface area contributed by atoms with E-state index < -0.39 is 5.97 Å². The maximum absolute atomic E-state index is 12.0. The summed E-state index contributed by atoms with van der Waals surface area (Å²) in [6.45, 7) is 0. The first-order valence-corrected chi connectivity index (χ1v) is 6.72. The van der Waals surface area contributed by atoms with Crippen molar-refractivity contribution in [1.82, 2.24) is 4.90 Å². The molecule has 0 unspecified atom stereocenters. The number of hydrogen-bond donors (Lipinski definition) is 2. The van der Waals surface area contributed by atoms with Gasteiger partial charge in [-0.3, -0.25) is 14.4 Å². The first-order valence-electron chi connectivity index (χ1n) is 6.34. The van der Waals surface area contributed by atoms with E-state index in [4.69, 9.17) is 16.7 Å². The summed E-state index contributed by atoms with van der Waals surface area (Å²) in [5, 5.41) is 11.5. The van der Waals surface area contributed by atoms with Crippen LogP contribution in [0, 0.1) is 0 Å². The molecule has 21 heavy (non-hydrogen) atoms. The van der Waals surface area contributed by atoms with Crippen molar-refractivity contribution in [3.8, 4) is 0 Å². The molecular formula is C14H17ClN2O4. The second-order valence-corrected chi connectivity index (χ2v) is 5.12. The van der Waals surface area contributed by atoms with Crippen LogP contribution in [0.1, 0.15) is 29.6 Å². The molecule has 1 aromatic carbocycles. The Morgan fingerprint density at radius 3 is 2.48 bits per heavy atom. The zero-order valence-corrected chi connectivity index (χ0v) is 12.6. The quantitative estimate of drug-likeness (QED) is 0.843. The normalized spacial score (nSPS) is 10.0. The maximum atomic E-state index is 12.0. The Morgan fingerprint density at radius 2 is 1.90 bits per heavy atom. The summed E-state index contributed by atoms with van der Waals surface area (Å²) in [6.07, 6.45) is 0.222. The Morgan fingerprint density at radius 1 is 1.24 bits per heavy atom. The number of rotatable bonds is 6. The van der Waals surface area contributed by atoms with Gasteiger partial charge < -0.3 is 15.3 Å². The van der Waals surface area contributed by atoms with Crippen LogP contribution in [0.4, 0.5) is 5.69 Å². The smallest absolute Gasteiger partial charge is 0.303 e. The SMILES string of the molecule is CN(C)C(=O)c1ccc(Cl)cc1NC(=O)CCCC(=O)O. The summed E-state index contributed by atoms with van der Waals surface area (Å²) in [5.74, 6) is -1.56. The molecule has 0 aliphatic heterocycles. The van der Waals surface area contributed by atoms with E-state index in [0.717, 1.165) is 0 Å². The van der Waals surface area contributed by atoms with Gasteiger partial charge in [0, 0.05) is 32.0 Å². The zero-order valence-electron chi connectivity index (χ0n) is 11.9. The molecule has 0 bridgehead atoms. The van der Waals surface area contributed by atoms with E-state index >= 15 is 0 Å². The number of carbonyl (C=O) groups excluding carboxylic acids is 2. The molecule has 0 fully saturated rings. The van der Waals surface area contributed by atoms with E-state index in [9.17, 15) is 14.4 Å². The minimum absolute atomic E-state index is 0.0639. The number of carbonyl (C=O) groups is 3. The molecule has 2 N–H and O–H groups in total. The van der Waals surface area contributed by atoms with Crippen molar-refractivity contribution in [2.45, 2.75) is 19.3 Å². The zero-order chi connectivity index (χ0) is 16.0. The number of anilines is 1. The van der Waals surface area contributed by atoms with Gasteiger partial charge in [-0.25, -0.2) is 0 Å². The van der Waals surface area contributed by atoms with Crippen LogP contribution in [0.2, 0.25) is 5.02 Å². The fourth-order valence-electron chi connectivity index (χ4n) is 1.66. The highest BCUT2D eigenvalue weighted by molar-refractivity contribution is 6.31. The largest absolute Gasteiger partial charge is 0.481 e. The number of hydrogen-bond acceptors (Lipinski definition) is 3. The molecule has 0 saturated heterocycles. The lowest BCUT2D eigenvalue weighted by atomic mass is 10.1. The van der Waals surface area contributed by atoms with Gasteiger partial charge in [0.1, 0.15) is 0 Å². The molecular weight excluding hydrogens is 296 g/mol. The van der Waals surface area contributed by atoms with Crippen molar-refractivity contribution >= 4 is 35.1 Å². The number of nitrogens with zero attached hydrogens (tertiary/aromatic N) is 1. The van der Waals surface area contributed by atoms with Crippen LogP contribution in [-0.2, 0) is 9.59 Å². The summed E-state index contributed by atoms with van der Waals surface area (Å²) in [4.78, 5) is 35.6. The molecule has 0 aliphatic rings. The molecule has 114 valence electrons. The molecule has 0 aromatic heterocycles. The van der Waals surface area contributed by atoms with Crippen LogP contribution in [0.3, 0.4) is 0 Å². The number of benzene rings is 1. The monoisotopic (exact) mass is 312 g/mol. The number of carboxylic acid groups (broad SMARTS) is 1. The molecule has 1 rings (SSSR count). The van der Waals surface area contributed by atoms with Gasteiger partial charge in [0.15, 0.2) is 0 Å². The van der Waals surface area contributed by atoms with Gasteiger partial charge in [-0.2, -0.15) is 0 Å². The lowest BCUT2D eigenvalue weighted by molar-refractivity contribution is -0.137. The second kappa shape index (κ2) is 7.64. The van der Waals surface area contributed by atoms with E-state index in [0.29, 0.717) is 16.3 Å². The maximum Gasteiger partial charge on any atom is 0.303 e. The number of nitrogens with one attached hydrogen (secondary N) is 1. The lowest BCUT2D eigenvalue weighted by Crippen LogP contribution is -2.24. The molecule has 6 nitrogen and oxygen atoms in total. The van der Waals surface area contributed by atoms with Gasteiger partial charge >= 0.3 is 5.97 Å². The number of carboxylic acids is 1. The van der Waals surface area contributed by atoms with E-state index in [-0.39, 0.29) is 31.1 Å². The van der Waals surface area contributed by atoms with Crippen molar-refractivity contribution in [2.24, 2.45) is 0 Å². The third-order valence-electron chi connectivity index (χ3n) is 2.69. The van der Waals surface area contributed by atoms with Gasteiger partial charge in [-0.1, -0.05) is 11.6 Å². The summed E-state index contributed by atoms with van der Waals surface area (Å²) in [6, 6.07) is 4.60. The second-order valence-electron chi connectivity index (χ2n) is 4.68. The van der Waals surface area contributed by atoms with Crippen LogP contribution >= 0.6 is 11.6 Å². The van der Waals surface area contributed by atoms with Gasteiger partial charge in [0.25, 0.3) is 5.91 Å². The summed E-state index contributed by atoms with van der Waals surface area (Å²) in [5.41, 5.74) is 0.650. The van der Waals surface area contributed by atoms with Crippen molar-refractivity contribution in [3.05, 3.63) is 28.8 Å². The Kier molecular flexibility index (Phi) is 6.17. The Bertz CT molecular complexity index is 558. The van der Waals surface area contributed by atoms with Gasteiger partial charge in [-0.05, 0) is 24.6 Å². The minimum atomic E-state index is -0.950. The molecule has 0 spiro atoms. The predicted octanol–water partition coefficient (Wildman–Crippen LogP) is 2.24. The summed E-state index contributed by atoms with van der Waals surface area (Å²) >= 11 is 5.88. The third-order valence-corrected chi connectivity index (χ3v) is 2.92. The van der Waals surface area contributed by atoms with E-state index in [1.165, 1.54) is 17.0 Å². The molecule has 2 amide bonds. The van der Waals surface area contributed by atoms with Crippen molar-refractivity contribution < 1.29 is 19.5 Å². The first kappa shape index (κ1) is 17.0. The summed E-state index contributed by atoms with van der Waals surface area (Å²) < 4.78 is 0. The molecule has 7 heteroatoms. The fourth-order valence-corrected chi connectivity index (χ4v) is 1.83. The first-order chi connectivity index (χ1) is 9.81. The standard InChI is InChI=1S/C14H17ClN2O4/c1-17(2)14(21)10-7-6-9(15)8-11(10)16-12(18)4-3-5-13(19)20/h6-8H,3-5H2,1-2H3,(H,16,18)(H,19,20). The van der Waals surface area contributed by atoms with Crippen LogP contribution < -0.4 is 5.32 Å². The van der Waals surface area contributed by atoms with Crippen molar-refractivity contribution in [2.75, 3.05) is 19.4 Å². The topological polar surface area (TPSA) is 86.7 Å². The minimum Gasteiger partial charge on any atom is -0.481 e. The number of amides is 2. The Hall–Kier alpha value is -2.08. The van der Waals surface area contributed by atoms with E-state index in [1.54, 1.807) is 20.2 Å². The highest BCUT2D eigenvalue weighted by Crippen LogP contribution is 2.22. The van der Waals surface area contributed by atoms with Crippen LogP contribution in [-0.4, -0.2) is 41.9 Å². The van der Waals surface area contributed by atoms with Crippen LogP contribution in [0.25, 0.3) is 0 Å². The predicted molar refractivity (Wildman–Crippen MR) is 79.6 cm³/mol. The lowest BCUT2D eigenvalue weighted by Gasteiger charge is -2.15. The fraction of sp³-hybridized carbons (Fsp3) is 0.357. The van der Waals surface area contributed by atoms with Crippen LogP contribution in [0.15, 0.2) is 18.2 Å². The average Bonchev–Trinajstić information content (AvgIpc) is 2.37. The molecule has 1 aromatic rings. The Balaban J connectivity index is 2.81. The van der Waals surface area contributed by atoms with Crippen molar-refractivity contribution in [1.29, 1.82) is 0 Å². The molecule has 0 aliphatic carbocycles. The molecule has 0 heterocycles. The number of halogens is 1. The van der Waals surface area contributed by atoms with Crippen molar-refractivity contribution in [3.63, 3.8) is 0 Å². The highest BCUT2D eigenvalue weighted by atomic mass is 35.5. The highest BCUT2D eigenvalue weighted by Gasteiger charge is 2.15. The molecule has 0 saturated carbocycles. The van der Waals surface area contributed by atoms with Crippen LogP contribution in [0.5, 0.6) is 0 Å². The Labute approximate surface area is 127 Å². The van der Waals surface area contributed by atoms with E-state index in [1.807, 2.05) is 0 Å². The number of aliphatic carboxylic acids is 1. The van der Waals surface area contributed by atoms with E-state index in [2.05, 4.69) is 5.32 Å². The van der Waals surface area contributed by atoms with Gasteiger partial charge in [-0.15, -0.1) is 0 Å². The molecule has 0 radical (unpaired) electrons. The van der Waals surface area contributed by atoms with Gasteiger partial charge in [0.2, 0.25) is 5.91 Å². The average molecular weight is 313 g/mol. The molecule has 0 atom stereocenters. The summed E-state index contributed by atoms with van der Waals surface area (Å²) in [7, 11) is 3.21. The third kappa shape index (κ3) is 5.43. The van der Waals surface area contributed by atoms with Gasteiger partial charge in [0.05, 0.1) is 11.3 Å².